The highest BCUT2D eigenvalue weighted by atomic mass is 35.5. The Balaban J connectivity index is 1.87. The maximum atomic E-state index is 13.1. The standard InChI is InChI=1S/C24H29ClN4O2/c1-4-28(5-2)12-13-29(24(31)27-22-9-7-6-8-20(22)25)16-19-15-18-14-17(3)10-11-21(18)26-23(19)30/h6-11,14-15H,4-5,12-13,16H2,1-3H3,(H,26,30)(H,27,31). The molecule has 0 unspecified atom stereocenters. The number of carbonyl (C=O) groups excluding carboxylic acids is 1. The monoisotopic (exact) mass is 440 g/mol. The molecular weight excluding hydrogens is 412 g/mol. The van der Waals surface area contributed by atoms with Gasteiger partial charge >= 0.3 is 6.03 Å². The van der Waals surface area contributed by atoms with Gasteiger partial charge in [0.1, 0.15) is 0 Å². The van der Waals surface area contributed by atoms with Crippen LogP contribution in [0.1, 0.15) is 25.0 Å². The van der Waals surface area contributed by atoms with Gasteiger partial charge in [-0.1, -0.05) is 49.2 Å². The number of aromatic nitrogens is 1. The Morgan fingerprint density at radius 3 is 2.52 bits per heavy atom. The Morgan fingerprint density at radius 1 is 1.06 bits per heavy atom. The number of urea groups is 1. The van der Waals surface area contributed by atoms with E-state index in [9.17, 15) is 9.59 Å². The SMILES string of the molecule is CCN(CC)CCN(Cc1cc2cc(C)ccc2[nH]c1=O)C(=O)Nc1ccccc1Cl. The summed E-state index contributed by atoms with van der Waals surface area (Å²) in [6, 6.07) is 14.6. The molecule has 1 heterocycles. The van der Waals surface area contributed by atoms with E-state index < -0.39 is 0 Å². The van der Waals surface area contributed by atoms with Crippen molar-refractivity contribution in [2.75, 3.05) is 31.5 Å². The van der Waals surface area contributed by atoms with Crippen molar-refractivity contribution >= 4 is 34.2 Å². The molecule has 0 saturated carbocycles. The zero-order valence-electron chi connectivity index (χ0n) is 18.2. The van der Waals surface area contributed by atoms with Gasteiger partial charge in [-0.15, -0.1) is 0 Å². The number of amides is 2. The number of carbonyl (C=O) groups is 1. The van der Waals surface area contributed by atoms with Crippen molar-refractivity contribution < 1.29 is 4.79 Å². The summed E-state index contributed by atoms with van der Waals surface area (Å²) >= 11 is 6.21. The lowest BCUT2D eigenvalue weighted by molar-refractivity contribution is 0.194. The normalized spacial score (nSPS) is 11.1. The molecule has 6 nitrogen and oxygen atoms in total. The maximum Gasteiger partial charge on any atom is 0.322 e. The maximum absolute atomic E-state index is 13.1. The molecular formula is C24H29ClN4O2. The van der Waals surface area contributed by atoms with Gasteiger partial charge < -0.3 is 20.1 Å². The number of fused-ring (bicyclic) bond motifs is 1. The fourth-order valence-corrected chi connectivity index (χ4v) is 3.69. The van der Waals surface area contributed by atoms with Crippen LogP contribution in [-0.4, -0.2) is 47.0 Å². The largest absolute Gasteiger partial charge is 0.322 e. The predicted octanol–water partition coefficient (Wildman–Crippen LogP) is 4.87. The molecule has 3 rings (SSSR count). The molecule has 0 bridgehead atoms. The van der Waals surface area contributed by atoms with E-state index >= 15 is 0 Å². The van der Waals surface area contributed by atoms with E-state index in [2.05, 4.69) is 29.0 Å². The molecule has 3 aromatic rings. The Bertz CT molecular complexity index is 1110. The molecule has 2 aromatic carbocycles. The highest BCUT2D eigenvalue weighted by Gasteiger charge is 2.18. The number of para-hydroxylation sites is 1. The molecule has 7 heteroatoms. The number of benzene rings is 2. The highest BCUT2D eigenvalue weighted by Crippen LogP contribution is 2.21. The Morgan fingerprint density at radius 2 is 1.81 bits per heavy atom. The van der Waals surface area contributed by atoms with Crippen LogP contribution in [0.15, 0.2) is 53.3 Å². The van der Waals surface area contributed by atoms with E-state index in [0.717, 1.165) is 29.6 Å². The van der Waals surface area contributed by atoms with Crippen molar-refractivity contribution in [1.82, 2.24) is 14.8 Å². The number of aryl methyl sites for hydroxylation is 1. The summed E-state index contributed by atoms with van der Waals surface area (Å²) < 4.78 is 0. The van der Waals surface area contributed by atoms with Gasteiger partial charge in [0.15, 0.2) is 0 Å². The molecule has 0 aliphatic heterocycles. The fourth-order valence-electron chi connectivity index (χ4n) is 3.51. The van der Waals surface area contributed by atoms with Crippen LogP contribution in [0.5, 0.6) is 0 Å². The lowest BCUT2D eigenvalue weighted by atomic mass is 10.1. The van der Waals surface area contributed by atoms with Crippen molar-refractivity contribution in [3.8, 4) is 0 Å². The number of aromatic amines is 1. The van der Waals surface area contributed by atoms with E-state index in [4.69, 9.17) is 11.6 Å². The van der Waals surface area contributed by atoms with Crippen LogP contribution in [0, 0.1) is 6.92 Å². The van der Waals surface area contributed by atoms with Gasteiger partial charge in [0.25, 0.3) is 5.56 Å². The molecule has 2 amide bonds. The van der Waals surface area contributed by atoms with Gasteiger partial charge in [0.05, 0.1) is 17.3 Å². The van der Waals surface area contributed by atoms with Gasteiger partial charge in [-0.2, -0.15) is 0 Å². The number of hydrogen-bond donors (Lipinski definition) is 2. The number of rotatable bonds is 8. The number of H-pyrrole nitrogens is 1. The first-order valence-electron chi connectivity index (χ1n) is 10.6. The van der Waals surface area contributed by atoms with Crippen LogP contribution in [-0.2, 0) is 6.54 Å². The van der Waals surface area contributed by atoms with Crippen LogP contribution in [0.25, 0.3) is 10.9 Å². The van der Waals surface area contributed by atoms with Crippen LogP contribution < -0.4 is 10.9 Å². The third-order valence-corrected chi connectivity index (χ3v) is 5.75. The molecule has 0 aliphatic rings. The second-order valence-corrected chi connectivity index (χ2v) is 7.98. The molecule has 0 spiro atoms. The zero-order chi connectivity index (χ0) is 22.4. The third-order valence-electron chi connectivity index (χ3n) is 5.42. The van der Waals surface area contributed by atoms with Crippen LogP contribution >= 0.6 is 11.6 Å². The molecule has 0 radical (unpaired) electrons. The van der Waals surface area contributed by atoms with E-state index in [1.54, 1.807) is 17.0 Å². The quantitative estimate of drug-likeness (QED) is 0.525. The Hall–Kier alpha value is -2.83. The summed E-state index contributed by atoms with van der Waals surface area (Å²) in [5, 5.41) is 4.30. The smallest absolute Gasteiger partial charge is 0.322 e. The number of nitrogens with zero attached hydrogens (tertiary/aromatic N) is 2. The number of halogens is 1. The minimum atomic E-state index is -0.288. The summed E-state index contributed by atoms with van der Waals surface area (Å²) in [5.41, 5.74) is 2.81. The van der Waals surface area contributed by atoms with Crippen molar-refractivity contribution in [1.29, 1.82) is 0 Å². The lowest BCUT2D eigenvalue weighted by Crippen LogP contribution is -2.41. The molecule has 0 saturated heterocycles. The molecule has 2 N–H and O–H groups in total. The van der Waals surface area contributed by atoms with E-state index in [1.807, 2.05) is 43.3 Å². The first-order chi connectivity index (χ1) is 14.9. The van der Waals surface area contributed by atoms with Gasteiger partial charge in [0.2, 0.25) is 0 Å². The zero-order valence-corrected chi connectivity index (χ0v) is 19.0. The van der Waals surface area contributed by atoms with Crippen LogP contribution in [0.2, 0.25) is 5.02 Å². The number of nitrogens with one attached hydrogen (secondary N) is 2. The molecule has 0 aliphatic carbocycles. The second-order valence-electron chi connectivity index (χ2n) is 7.57. The average molecular weight is 441 g/mol. The Labute approximate surface area is 187 Å². The molecule has 1 aromatic heterocycles. The summed E-state index contributed by atoms with van der Waals surface area (Å²) in [4.78, 5) is 32.6. The average Bonchev–Trinajstić information content (AvgIpc) is 2.75. The summed E-state index contributed by atoms with van der Waals surface area (Å²) in [6.45, 7) is 9.39. The van der Waals surface area contributed by atoms with E-state index in [-0.39, 0.29) is 18.1 Å². The number of anilines is 1. The minimum Gasteiger partial charge on any atom is -0.322 e. The van der Waals surface area contributed by atoms with Crippen molar-refractivity contribution in [2.24, 2.45) is 0 Å². The van der Waals surface area contributed by atoms with E-state index in [1.165, 1.54) is 0 Å². The Kier molecular flexibility index (Phi) is 7.71. The minimum absolute atomic E-state index is 0.185. The topological polar surface area (TPSA) is 68.4 Å². The van der Waals surface area contributed by atoms with Crippen LogP contribution in [0.3, 0.4) is 0 Å². The van der Waals surface area contributed by atoms with Gasteiger partial charge in [-0.3, -0.25) is 4.79 Å². The van der Waals surface area contributed by atoms with Crippen LogP contribution in [0.4, 0.5) is 10.5 Å². The fraction of sp³-hybridized carbons (Fsp3) is 0.333. The summed E-state index contributed by atoms with van der Waals surface area (Å²) in [7, 11) is 0. The molecule has 31 heavy (non-hydrogen) atoms. The number of pyridine rings is 1. The van der Waals surface area contributed by atoms with Gasteiger partial charge in [-0.05, 0) is 55.7 Å². The first-order valence-corrected chi connectivity index (χ1v) is 10.9. The number of hydrogen-bond acceptors (Lipinski definition) is 3. The van der Waals surface area contributed by atoms with Crippen molar-refractivity contribution in [3.63, 3.8) is 0 Å². The summed E-state index contributed by atoms with van der Waals surface area (Å²) in [6.07, 6.45) is 0. The predicted molar refractivity (Wildman–Crippen MR) is 128 cm³/mol. The molecule has 0 atom stereocenters. The second kappa shape index (κ2) is 10.5. The van der Waals surface area contributed by atoms with E-state index in [0.29, 0.717) is 29.4 Å². The summed E-state index contributed by atoms with van der Waals surface area (Å²) in [5.74, 6) is 0. The van der Waals surface area contributed by atoms with Crippen molar-refractivity contribution in [3.05, 3.63) is 75.0 Å². The van der Waals surface area contributed by atoms with Gasteiger partial charge in [0, 0.05) is 24.2 Å². The molecule has 0 fully saturated rings. The number of likely N-dealkylation sites (N-methyl/N-ethyl adjacent to an activating group) is 1. The first kappa shape index (κ1) is 22.8. The molecule has 164 valence electrons. The van der Waals surface area contributed by atoms with Crippen molar-refractivity contribution in [2.45, 2.75) is 27.3 Å². The lowest BCUT2D eigenvalue weighted by Gasteiger charge is -2.27. The highest BCUT2D eigenvalue weighted by molar-refractivity contribution is 6.33. The van der Waals surface area contributed by atoms with Gasteiger partial charge in [-0.25, -0.2) is 4.79 Å². The third kappa shape index (κ3) is 5.87.